The molecule has 0 amide bonds. The fourth-order valence-electron chi connectivity index (χ4n) is 4.27. The van der Waals surface area contributed by atoms with Crippen molar-refractivity contribution in [1.82, 2.24) is 0 Å². The number of aliphatic imine (C=N–C) groups is 1. The van der Waals surface area contributed by atoms with E-state index in [9.17, 15) is 14.7 Å². The molecule has 3 fully saturated rings. The van der Waals surface area contributed by atoms with Crippen LogP contribution in [-0.4, -0.2) is 39.8 Å². The first-order chi connectivity index (χ1) is 9.51. The number of hydrogen-bond donors (Lipinski definition) is 1. The van der Waals surface area contributed by atoms with E-state index < -0.39 is 29.0 Å². The van der Waals surface area contributed by atoms with Crippen LogP contribution in [0.1, 0.15) is 47.5 Å². The highest BCUT2D eigenvalue weighted by molar-refractivity contribution is 6.03. The van der Waals surface area contributed by atoms with Gasteiger partial charge in [0.25, 0.3) is 0 Å². The van der Waals surface area contributed by atoms with Crippen molar-refractivity contribution in [3.63, 3.8) is 0 Å². The molecular formula is C16H23NO4. The van der Waals surface area contributed by atoms with Crippen molar-refractivity contribution in [1.29, 1.82) is 0 Å². The predicted molar refractivity (Wildman–Crippen MR) is 77.0 cm³/mol. The summed E-state index contributed by atoms with van der Waals surface area (Å²) >= 11 is 0. The number of esters is 1. The van der Waals surface area contributed by atoms with Crippen molar-refractivity contribution in [3.8, 4) is 0 Å². The van der Waals surface area contributed by atoms with Crippen LogP contribution in [0.3, 0.4) is 0 Å². The molecule has 1 heterocycles. The number of carbonyl (C=O) groups excluding carboxylic acids is 2. The molecule has 0 aromatic heterocycles. The summed E-state index contributed by atoms with van der Waals surface area (Å²) in [4.78, 5) is 28.4. The first-order valence-corrected chi connectivity index (χ1v) is 7.54. The minimum Gasteiger partial charge on any atom is -0.451 e. The highest BCUT2D eigenvalue weighted by Gasteiger charge is 2.66. The highest BCUT2D eigenvalue weighted by atomic mass is 16.6. The summed E-state index contributed by atoms with van der Waals surface area (Å²) in [6.07, 6.45) is 1.82. The monoisotopic (exact) mass is 293 g/mol. The second-order valence-corrected chi connectivity index (χ2v) is 7.72. The molecule has 0 unspecified atom stereocenters. The number of ether oxygens (including phenoxy) is 1. The molecule has 5 heteroatoms. The van der Waals surface area contributed by atoms with Gasteiger partial charge in [0.05, 0.1) is 5.71 Å². The summed E-state index contributed by atoms with van der Waals surface area (Å²) in [6.45, 7) is 8.94. The maximum absolute atomic E-state index is 12.3. The van der Waals surface area contributed by atoms with E-state index in [-0.39, 0.29) is 11.3 Å². The Morgan fingerprint density at radius 2 is 2.05 bits per heavy atom. The fourth-order valence-corrected chi connectivity index (χ4v) is 4.27. The van der Waals surface area contributed by atoms with Crippen molar-refractivity contribution in [3.05, 3.63) is 0 Å². The molecular weight excluding hydrogens is 270 g/mol. The van der Waals surface area contributed by atoms with Crippen molar-refractivity contribution < 1.29 is 19.4 Å². The third-order valence-corrected chi connectivity index (χ3v) is 6.21. The van der Waals surface area contributed by atoms with Crippen LogP contribution in [0.2, 0.25) is 0 Å². The van der Waals surface area contributed by atoms with Gasteiger partial charge in [0.15, 0.2) is 23.0 Å². The van der Waals surface area contributed by atoms with Crippen LogP contribution in [0.4, 0.5) is 0 Å². The van der Waals surface area contributed by atoms with Gasteiger partial charge in [0.2, 0.25) is 0 Å². The van der Waals surface area contributed by atoms with Gasteiger partial charge >= 0.3 is 5.97 Å². The van der Waals surface area contributed by atoms with Gasteiger partial charge in [0, 0.05) is 5.92 Å². The Kier molecular flexibility index (Phi) is 2.76. The highest BCUT2D eigenvalue weighted by Crippen LogP contribution is 2.63. The molecule has 0 aromatic rings. The van der Waals surface area contributed by atoms with E-state index >= 15 is 0 Å². The van der Waals surface area contributed by atoms with Crippen LogP contribution >= 0.6 is 0 Å². The summed E-state index contributed by atoms with van der Waals surface area (Å²) in [5.41, 5.74) is -1.51. The molecule has 0 saturated heterocycles. The smallest absolute Gasteiger partial charge is 0.335 e. The summed E-state index contributed by atoms with van der Waals surface area (Å²) in [7, 11) is 0. The molecule has 116 valence electrons. The minimum atomic E-state index is -1.80. The fraction of sp³-hybridized carbons (Fsp3) is 0.812. The SMILES string of the molecule is CC(=O)[C@@](C)(O)[C@H]1N=C2C[C@H]3C[C@H](C3(C)C)[C@@]2(C)OC1=O. The van der Waals surface area contributed by atoms with Crippen LogP contribution in [0, 0.1) is 17.3 Å². The van der Waals surface area contributed by atoms with E-state index in [1.165, 1.54) is 13.8 Å². The maximum Gasteiger partial charge on any atom is 0.335 e. The number of Topliss-reactive ketones (excluding diaryl/α,β-unsaturated/α-hetero) is 1. The Balaban J connectivity index is 2.01. The lowest BCUT2D eigenvalue weighted by Crippen LogP contribution is -2.69. The molecule has 1 aliphatic heterocycles. The van der Waals surface area contributed by atoms with Crippen molar-refractivity contribution in [2.75, 3.05) is 0 Å². The number of rotatable bonds is 2. The lowest BCUT2D eigenvalue weighted by atomic mass is 9.43. The Labute approximate surface area is 124 Å². The van der Waals surface area contributed by atoms with Crippen molar-refractivity contribution >= 4 is 17.5 Å². The zero-order valence-electron chi connectivity index (χ0n) is 13.3. The Bertz CT molecular complexity index is 563. The number of carbonyl (C=O) groups is 2. The molecule has 3 aliphatic carbocycles. The van der Waals surface area contributed by atoms with Gasteiger partial charge in [-0.05, 0) is 44.9 Å². The zero-order chi connectivity index (χ0) is 15.8. The molecule has 2 bridgehead atoms. The van der Waals surface area contributed by atoms with Gasteiger partial charge in [-0.25, -0.2) is 4.79 Å². The second-order valence-electron chi connectivity index (χ2n) is 7.72. The van der Waals surface area contributed by atoms with Gasteiger partial charge < -0.3 is 9.84 Å². The zero-order valence-corrected chi connectivity index (χ0v) is 13.3. The van der Waals surface area contributed by atoms with Gasteiger partial charge in [-0.2, -0.15) is 0 Å². The largest absolute Gasteiger partial charge is 0.451 e. The van der Waals surface area contributed by atoms with Crippen molar-refractivity contribution in [2.45, 2.75) is 64.7 Å². The van der Waals surface area contributed by atoms with Crippen molar-refractivity contribution in [2.24, 2.45) is 22.2 Å². The molecule has 0 aromatic carbocycles. The third kappa shape index (κ3) is 1.70. The number of hydrogen-bond acceptors (Lipinski definition) is 5. The lowest BCUT2D eigenvalue weighted by Gasteiger charge is -2.64. The molecule has 3 saturated carbocycles. The molecule has 21 heavy (non-hydrogen) atoms. The van der Waals surface area contributed by atoms with Crippen LogP contribution < -0.4 is 0 Å². The lowest BCUT2D eigenvalue weighted by molar-refractivity contribution is -0.193. The molecule has 4 aliphatic rings. The number of ketones is 1. The summed E-state index contributed by atoms with van der Waals surface area (Å²) in [5, 5.41) is 10.3. The maximum atomic E-state index is 12.3. The predicted octanol–water partition coefficient (Wildman–Crippen LogP) is 1.52. The molecule has 5 nitrogen and oxygen atoms in total. The second kappa shape index (κ2) is 3.94. The van der Waals surface area contributed by atoms with Gasteiger partial charge in [-0.1, -0.05) is 13.8 Å². The topological polar surface area (TPSA) is 76.0 Å². The van der Waals surface area contributed by atoms with E-state index in [0.29, 0.717) is 5.92 Å². The van der Waals surface area contributed by atoms with Crippen LogP contribution in [-0.2, 0) is 14.3 Å². The number of aliphatic hydroxyl groups is 1. The number of nitrogens with zero attached hydrogens (tertiary/aromatic N) is 1. The van der Waals surface area contributed by atoms with Crippen LogP contribution in [0.15, 0.2) is 4.99 Å². The average Bonchev–Trinajstić information content (AvgIpc) is 2.35. The normalized spacial score (nSPS) is 42.9. The molecule has 0 spiro atoms. The van der Waals surface area contributed by atoms with E-state index in [1.807, 2.05) is 6.92 Å². The standard InChI is InChI=1S/C16H23NO4/c1-8(18)15(4,20)12-13(19)21-16(5)10-6-9(14(10,2)3)7-11(16)17-12/h9-10,12,20H,6-7H2,1-5H3/t9-,10-,12+,15-,16-/m1/s1. The summed E-state index contributed by atoms with van der Waals surface area (Å²) in [6, 6.07) is -1.14. The van der Waals surface area contributed by atoms with Gasteiger partial charge in [-0.3, -0.25) is 9.79 Å². The van der Waals surface area contributed by atoms with Gasteiger partial charge in [-0.15, -0.1) is 0 Å². The minimum absolute atomic E-state index is 0.143. The first kappa shape index (κ1) is 14.7. The summed E-state index contributed by atoms with van der Waals surface area (Å²) in [5.74, 6) is -0.273. The third-order valence-electron chi connectivity index (χ3n) is 6.21. The summed E-state index contributed by atoms with van der Waals surface area (Å²) < 4.78 is 5.73. The molecule has 5 atom stereocenters. The average molecular weight is 293 g/mol. The quantitative estimate of drug-likeness (QED) is 0.783. The Morgan fingerprint density at radius 3 is 2.57 bits per heavy atom. The molecule has 1 N–H and O–H groups in total. The van der Waals surface area contributed by atoms with E-state index in [0.717, 1.165) is 18.6 Å². The first-order valence-electron chi connectivity index (χ1n) is 7.54. The Morgan fingerprint density at radius 1 is 1.43 bits per heavy atom. The Hall–Kier alpha value is -1.23. The van der Waals surface area contributed by atoms with E-state index in [1.54, 1.807) is 0 Å². The van der Waals surface area contributed by atoms with E-state index in [2.05, 4.69) is 18.8 Å². The molecule has 0 radical (unpaired) electrons. The van der Waals surface area contributed by atoms with E-state index in [4.69, 9.17) is 4.74 Å². The van der Waals surface area contributed by atoms with Crippen LogP contribution in [0.5, 0.6) is 0 Å². The van der Waals surface area contributed by atoms with Gasteiger partial charge in [0.1, 0.15) is 0 Å². The van der Waals surface area contributed by atoms with Crippen LogP contribution in [0.25, 0.3) is 0 Å². The molecule has 4 rings (SSSR count).